The van der Waals surface area contributed by atoms with Crippen molar-refractivity contribution in [3.8, 4) is 5.75 Å². The maximum absolute atomic E-state index is 11.6. The Hall–Kier alpha value is -1.16. The average molecular weight is 306 g/mol. The normalized spacial score (nSPS) is 10.4. The zero-order valence-electron chi connectivity index (χ0n) is 8.95. The molecule has 0 N–H and O–H groups in total. The standard InChI is InChI=1S/C12H7Cl3O3/c13-7-4-9(15)12(5-8(7)14)18-6-10(16)11-2-1-3-17-11/h1-5H,6H2. The zero-order chi connectivity index (χ0) is 13.1. The third-order valence-corrected chi connectivity index (χ3v) is 3.15. The lowest BCUT2D eigenvalue weighted by Gasteiger charge is -2.07. The number of carbonyl (C=O) groups is 1. The second-order valence-electron chi connectivity index (χ2n) is 3.39. The van der Waals surface area contributed by atoms with Crippen molar-refractivity contribution in [1.82, 2.24) is 0 Å². The Balaban J connectivity index is 2.07. The highest BCUT2D eigenvalue weighted by Gasteiger charge is 2.12. The molecular formula is C12H7Cl3O3. The Kier molecular flexibility index (Phi) is 4.17. The molecule has 0 aliphatic rings. The van der Waals surface area contributed by atoms with Crippen molar-refractivity contribution in [3.05, 3.63) is 51.4 Å². The number of carbonyl (C=O) groups excluding carboxylic acids is 1. The highest BCUT2D eigenvalue weighted by molar-refractivity contribution is 6.43. The van der Waals surface area contributed by atoms with E-state index in [-0.39, 0.29) is 23.2 Å². The van der Waals surface area contributed by atoms with Gasteiger partial charge in [-0.3, -0.25) is 4.79 Å². The second-order valence-corrected chi connectivity index (χ2v) is 4.61. The Morgan fingerprint density at radius 3 is 2.56 bits per heavy atom. The van der Waals surface area contributed by atoms with Crippen molar-refractivity contribution in [2.24, 2.45) is 0 Å². The summed E-state index contributed by atoms with van der Waals surface area (Å²) in [7, 11) is 0. The van der Waals surface area contributed by atoms with Gasteiger partial charge in [-0.2, -0.15) is 0 Å². The fourth-order valence-electron chi connectivity index (χ4n) is 1.27. The Labute approximate surface area is 118 Å². The van der Waals surface area contributed by atoms with Gasteiger partial charge in [0.25, 0.3) is 0 Å². The van der Waals surface area contributed by atoms with Gasteiger partial charge in [0.15, 0.2) is 12.4 Å². The summed E-state index contributed by atoms with van der Waals surface area (Å²) in [4.78, 5) is 11.6. The number of hydrogen-bond acceptors (Lipinski definition) is 3. The van der Waals surface area contributed by atoms with E-state index in [4.69, 9.17) is 44.0 Å². The van der Waals surface area contributed by atoms with E-state index in [9.17, 15) is 4.79 Å². The molecule has 1 aromatic carbocycles. The van der Waals surface area contributed by atoms with Crippen LogP contribution >= 0.6 is 34.8 Å². The Morgan fingerprint density at radius 2 is 1.89 bits per heavy atom. The quantitative estimate of drug-likeness (QED) is 0.616. The average Bonchev–Trinajstić information content (AvgIpc) is 2.85. The largest absolute Gasteiger partial charge is 0.484 e. The molecule has 2 aromatic rings. The summed E-state index contributed by atoms with van der Waals surface area (Å²) in [5.41, 5.74) is 0. The molecule has 1 heterocycles. The first-order chi connectivity index (χ1) is 8.58. The molecule has 0 fully saturated rings. The molecule has 2 rings (SSSR count). The molecule has 6 heteroatoms. The van der Waals surface area contributed by atoms with Crippen molar-refractivity contribution in [3.63, 3.8) is 0 Å². The van der Waals surface area contributed by atoms with Gasteiger partial charge in [-0.25, -0.2) is 0 Å². The van der Waals surface area contributed by atoms with Crippen LogP contribution in [-0.4, -0.2) is 12.4 Å². The molecule has 18 heavy (non-hydrogen) atoms. The second kappa shape index (κ2) is 5.65. The molecule has 0 spiro atoms. The molecule has 3 nitrogen and oxygen atoms in total. The van der Waals surface area contributed by atoms with Crippen molar-refractivity contribution < 1.29 is 13.9 Å². The number of furan rings is 1. The van der Waals surface area contributed by atoms with E-state index in [1.54, 1.807) is 12.1 Å². The highest BCUT2D eigenvalue weighted by Crippen LogP contribution is 2.33. The van der Waals surface area contributed by atoms with E-state index in [0.717, 1.165) is 0 Å². The van der Waals surface area contributed by atoms with Gasteiger partial charge in [-0.15, -0.1) is 0 Å². The molecule has 0 unspecified atom stereocenters. The molecule has 0 atom stereocenters. The van der Waals surface area contributed by atoms with Crippen molar-refractivity contribution in [2.75, 3.05) is 6.61 Å². The summed E-state index contributed by atoms with van der Waals surface area (Å²) in [5, 5.41) is 0.921. The van der Waals surface area contributed by atoms with Gasteiger partial charge >= 0.3 is 0 Å². The molecule has 0 aliphatic heterocycles. The number of ether oxygens (including phenoxy) is 1. The monoisotopic (exact) mass is 304 g/mol. The van der Waals surface area contributed by atoms with Gasteiger partial charge < -0.3 is 9.15 Å². The lowest BCUT2D eigenvalue weighted by molar-refractivity contribution is 0.0894. The lowest BCUT2D eigenvalue weighted by Crippen LogP contribution is -2.10. The van der Waals surface area contributed by atoms with Gasteiger partial charge in [-0.05, 0) is 18.2 Å². The van der Waals surface area contributed by atoms with Gasteiger partial charge in [0.05, 0.1) is 21.3 Å². The summed E-state index contributed by atoms with van der Waals surface area (Å²) in [6.45, 7) is -0.189. The minimum atomic E-state index is -0.290. The Morgan fingerprint density at radius 1 is 1.17 bits per heavy atom. The van der Waals surface area contributed by atoms with Gasteiger partial charge in [0.1, 0.15) is 5.75 Å². The topological polar surface area (TPSA) is 39.4 Å². The van der Waals surface area contributed by atoms with Gasteiger partial charge in [-0.1, -0.05) is 34.8 Å². The van der Waals surface area contributed by atoms with E-state index >= 15 is 0 Å². The van der Waals surface area contributed by atoms with Crippen LogP contribution < -0.4 is 4.74 Å². The summed E-state index contributed by atoms with van der Waals surface area (Å²) in [5.74, 6) is 0.235. The summed E-state index contributed by atoms with van der Waals surface area (Å²) in [6, 6.07) is 6.10. The van der Waals surface area contributed by atoms with Crippen molar-refractivity contribution in [1.29, 1.82) is 0 Å². The zero-order valence-corrected chi connectivity index (χ0v) is 11.2. The van der Waals surface area contributed by atoms with Crippen LogP contribution in [0.15, 0.2) is 34.9 Å². The molecular weight excluding hydrogens is 298 g/mol. The fraction of sp³-hybridized carbons (Fsp3) is 0.0833. The molecule has 0 saturated carbocycles. The first-order valence-electron chi connectivity index (χ1n) is 4.92. The van der Waals surface area contributed by atoms with Crippen LogP contribution in [0.1, 0.15) is 10.6 Å². The van der Waals surface area contributed by atoms with Crippen LogP contribution in [-0.2, 0) is 0 Å². The maximum atomic E-state index is 11.6. The van der Waals surface area contributed by atoms with Crippen LogP contribution in [0.3, 0.4) is 0 Å². The third kappa shape index (κ3) is 2.99. The number of benzene rings is 1. The number of halogens is 3. The van der Waals surface area contributed by atoms with Gasteiger partial charge in [0, 0.05) is 6.07 Å². The number of ketones is 1. The maximum Gasteiger partial charge on any atom is 0.235 e. The number of rotatable bonds is 4. The first-order valence-corrected chi connectivity index (χ1v) is 6.05. The molecule has 0 aliphatic carbocycles. The van der Waals surface area contributed by atoms with Crippen molar-refractivity contribution in [2.45, 2.75) is 0 Å². The van der Waals surface area contributed by atoms with Crippen molar-refractivity contribution >= 4 is 40.6 Å². The van der Waals surface area contributed by atoms with Crippen LogP contribution in [0.4, 0.5) is 0 Å². The lowest BCUT2D eigenvalue weighted by atomic mass is 10.3. The van der Waals surface area contributed by atoms with E-state index in [0.29, 0.717) is 15.8 Å². The van der Waals surface area contributed by atoms with Crippen LogP contribution in [0.2, 0.25) is 15.1 Å². The first kappa shape index (κ1) is 13.3. The van der Waals surface area contributed by atoms with Crippen LogP contribution in [0, 0.1) is 0 Å². The molecule has 1 aromatic heterocycles. The van der Waals surface area contributed by atoms with Gasteiger partial charge in [0.2, 0.25) is 5.78 Å². The fourth-order valence-corrected chi connectivity index (χ4v) is 1.86. The van der Waals surface area contributed by atoms with E-state index < -0.39 is 0 Å². The minimum absolute atomic E-state index is 0.189. The molecule has 0 saturated heterocycles. The number of Topliss-reactive ketones (excluding diaryl/α,β-unsaturated/α-hetero) is 1. The molecule has 0 amide bonds. The predicted octanol–water partition coefficient (Wildman–Crippen LogP) is 4.50. The summed E-state index contributed by atoms with van der Waals surface area (Å²) in [6.07, 6.45) is 1.42. The highest BCUT2D eigenvalue weighted by atomic mass is 35.5. The summed E-state index contributed by atoms with van der Waals surface area (Å²) >= 11 is 17.5. The predicted molar refractivity (Wildman–Crippen MR) is 70.0 cm³/mol. The molecule has 0 radical (unpaired) electrons. The third-order valence-electron chi connectivity index (χ3n) is 2.13. The van der Waals surface area contributed by atoms with E-state index in [1.807, 2.05) is 0 Å². The minimum Gasteiger partial charge on any atom is -0.484 e. The SMILES string of the molecule is O=C(COc1cc(Cl)c(Cl)cc1Cl)c1ccco1. The Bertz CT molecular complexity index is 564. The number of hydrogen-bond donors (Lipinski definition) is 0. The summed E-state index contributed by atoms with van der Waals surface area (Å²) < 4.78 is 10.2. The van der Waals surface area contributed by atoms with E-state index in [2.05, 4.69) is 0 Å². The molecule has 94 valence electrons. The van der Waals surface area contributed by atoms with E-state index in [1.165, 1.54) is 18.4 Å². The van der Waals surface area contributed by atoms with Crippen LogP contribution in [0.25, 0.3) is 0 Å². The molecule has 0 bridgehead atoms. The smallest absolute Gasteiger partial charge is 0.235 e. The van der Waals surface area contributed by atoms with Crippen LogP contribution in [0.5, 0.6) is 5.75 Å².